The average molecular weight is 608 g/mol. The van der Waals surface area contributed by atoms with Crippen molar-refractivity contribution in [3.05, 3.63) is 130 Å². The molecule has 7 heteroatoms. The Hall–Kier alpha value is -5.19. The van der Waals surface area contributed by atoms with Gasteiger partial charge in [0.05, 0.1) is 12.6 Å². The van der Waals surface area contributed by atoms with Gasteiger partial charge in [-0.25, -0.2) is 0 Å². The first-order chi connectivity index (χ1) is 22.6. The van der Waals surface area contributed by atoms with E-state index in [-0.39, 0.29) is 5.91 Å². The molecular formula is C39H37N5O2. The summed E-state index contributed by atoms with van der Waals surface area (Å²) >= 11 is 0. The predicted molar refractivity (Wildman–Crippen MR) is 185 cm³/mol. The quantitative estimate of drug-likeness (QED) is 0.316. The van der Waals surface area contributed by atoms with Gasteiger partial charge in [0, 0.05) is 85.1 Å². The van der Waals surface area contributed by atoms with Crippen molar-refractivity contribution in [2.45, 2.75) is 39.2 Å². The van der Waals surface area contributed by atoms with Crippen molar-refractivity contribution in [1.82, 2.24) is 5.32 Å². The van der Waals surface area contributed by atoms with Crippen molar-refractivity contribution in [2.24, 2.45) is 4.99 Å². The fraction of sp³-hybridized carbons (Fsp3) is 0.256. The zero-order chi connectivity index (χ0) is 31.5. The molecule has 0 radical (unpaired) electrons. The number of nitriles is 1. The number of aliphatic imine (C=N–C) groups is 1. The van der Waals surface area contributed by atoms with Crippen molar-refractivity contribution in [3.63, 3.8) is 0 Å². The van der Waals surface area contributed by atoms with Crippen LogP contribution < -0.4 is 15.1 Å². The summed E-state index contributed by atoms with van der Waals surface area (Å²) in [6.07, 6.45) is 16.8. The highest BCUT2D eigenvalue weighted by Crippen LogP contribution is 2.38. The summed E-state index contributed by atoms with van der Waals surface area (Å²) in [5.41, 5.74) is 10.0. The van der Waals surface area contributed by atoms with E-state index in [4.69, 9.17) is 4.42 Å². The molecule has 1 fully saturated rings. The molecule has 46 heavy (non-hydrogen) atoms. The minimum Gasteiger partial charge on any atom is -0.451 e. The van der Waals surface area contributed by atoms with Gasteiger partial charge >= 0.3 is 0 Å². The Labute approximate surface area is 270 Å². The highest BCUT2D eigenvalue weighted by atomic mass is 16.4. The SMILES string of the molecule is CCC1=CC(c2ccccc2CN2C(=O)c3oc(C4=CCC=C(C#N)C=C4)cc3Cc3cc(N4CCNCC4)ccc32)=CN=CC1. The monoisotopic (exact) mass is 607 g/mol. The first kappa shape index (κ1) is 29.5. The molecular weight excluding hydrogens is 570 g/mol. The van der Waals surface area contributed by atoms with Gasteiger partial charge in [-0.1, -0.05) is 61.1 Å². The number of nitrogens with one attached hydrogen (secondary N) is 1. The fourth-order valence-electron chi connectivity index (χ4n) is 6.59. The Bertz CT molecular complexity index is 1910. The molecule has 0 saturated carbocycles. The Morgan fingerprint density at radius 2 is 1.89 bits per heavy atom. The molecule has 1 aliphatic carbocycles. The summed E-state index contributed by atoms with van der Waals surface area (Å²) in [6, 6.07) is 19.0. The third-order valence-corrected chi connectivity index (χ3v) is 9.14. The fourth-order valence-corrected chi connectivity index (χ4v) is 6.59. The van der Waals surface area contributed by atoms with Crippen molar-refractivity contribution < 1.29 is 9.21 Å². The molecule has 1 aromatic heterocycles. The zero-order valence-electron chi connectivity index (χ0n) is 26.1. The largest absolute Gasteiger partial charge is 0.451 e. The highest BCUT2D eigenvalue weighted by molar-refractivity contribution is 6.07. The van der Waals surface area contributed by atoms with Gasteiger partial charge in [-0.15, -0.1) is 0 Å². The van der Waals surface area contributed by atoms with Crippen LogP contribution in [0.1, 0.15) is 64.8 Å². The summed E-state index contributed by atoms with van der Waals surface area (Å²) in [7, 11) is 0. The van der Waals surface area contributed by atoms with Gasteiger partial charge in [0.15, 0.2) is 5.76 Å². The molecule has 0 unspecified atom stereocenters. The number of carbonyl (C=O) groups excluding carboxylic acids is 1. The molecule has 7 rings (SSSR count). The maximum Gasteiger partial charge on any atom is 0.294 e. The Kier molecular flexibility index (Phi) is 8.37. The molecule has 2 aromatic carbocycles. The maximum absolute atomic E-state index is 14.6. The Morgan fingerprint density at radius 3 is 2.74 bits per heavy atom. The van der Waals surface area contributed by atoms with Crippen LogP contribution in [0.4, 0.5) is 11.4 Å². The summed E-state index contributed by atoms with van der Waals surface area (Å²) in [6.45, 7) is 6.35. The molecule has 1 saturated heterocycles. The van der Waals surface area contributed by atoms with Gasteiger partial charge in [-0.3, -0.25) is 9.79 Å². The number of furan rings is 1. The number of piperazine rings is 1. The lowest BCUT2D eigenvalue weighted by atomic mass is 9.96. The molecule has 0 bridgehead atoms. The first-order valence-electron chi connectivity index (χ1n) is 16.1. The molecule has 1 N–H and O–H groups in total. The summed E-state index contributed by atoms with van der Waals surface area (Å²) in [4.78, 5) is 23.4. The van der Waals surface area contributed by atoms with Gasteiger partial charge < -0.3 is 19.5 Å². The smallest absolute Gasteiger partial charge is 0.294 e. The molecule has 4 heterocycles. The van der Waals surface area contributed by atoms with E-state index in [2.05, 4.69) is 64.6 Å². The van der Waals surface area contributed by atoms with Crippen molar-refractivity contribution in [2.75, 3.05) is 36.0 Å². The molecule has 0 atom stereocenters. The van der Waals surface area contributed by atoms with E-state index in [1.807, 2.05) is 53.7 Å². The molecule has 230 valence electrons. The van der Waals surface area contributed by atoms with Crippen molar-refractivity contribution in [1.29, 1.82) is 5.26 Å². The van der Waals surface area contributed by atoms with Crippen LogP contribution in [0, 0.1) is 11.3 Å². The molecule has 3 aliphatic heterocycles. The zero-order valence-corrected chi connectivity index (χ0v) is 26.1. The van der Waals surface area contributed by atoms with Crippen molar-refractivity contribution >= 4 is 34.6 Å². The number of hydrogen-bond acceptors (Lipinski definition) is 6. The van der Waals surface area contributed by atoms with E-state index in [0.29, 0.717) is 36.5 Å². The van der Waals surface area contributed by atoms with Crippen LogP contribution in [0.3, 0.4) is 0 Å². The number of carbonyl (C=O) groups is 1. The number of hydrogen-bond donors (Lipinski definition) is 1. The third-order valence-electron chi connectivity index (χ3n) is 9.14. The number of fused-ring (bicyclic) bond motifs is 2. The van der Waals surface area contributed by atoms with Crippen LogP contribution in [0.15, 0.2) is 106 Å². The van der Waals surface area contributed by atoms with Crippen LogP contribution in [0.5, 0.6) is 0 Å². The van der Waals surface area contributed by atoms with Crippen LogP contribution in [-0.4, -0.2) is 38.3 Å². The summed E-state index contributed by atoms with van der Waals surface area (Å²) < 4.78 is 6.42. The predicted octanol–water partition coefficient (Wildman–Crippen LogP) is 7.39. The van der Waals surface area contributed by atoms with Gasteiger partial charge in [-0.2, -0.15) is 5.26 Å². The van der Waals surface area contributed by atoms with Crippen LogP contribution in [0.25, 0.3) is 11.1 Å². The number of anilines is 2. The van der Waals surface area contributed by atoms with Crippen LogP contribution in [-0.2, 0) is 13.0 Å². The third kappa shape index (κ3) is 5.92. The Morgan fingerprint density at radius 1 is 1.02 bits per heavy atom. The van der Waals surface area contributed by atoms with E-state index in [1.54, 1.807) is 6.08 Å². The van der Waals surface area contributed by atoms with E-state index < -0.39 is 0 Å². The lowest BCUT2D eigenvalue weighted by molar-refractivity contribution is 0.0958. The number of nitrogens with zero attached hydrogens (tertiary/aromatic N) is 4. The molecule has 7 nitrogen and oxygen atoms in total. The second-order valence-electron chi connectivity index (χ2n) is 12.0. The number of allylic oxidation sites excluding steroid dienone is 9. The van der Waals surface area contributed by atoms with E-state index in [0.717, 1.165) is 78.1 Å². The van der Waals surface area contributed by atoms with E-state index in [9.17, 15) is 10.1 Å². The van der Waals surface area contributed by atoms with Gasteiger partial charge in [0.25, 0.3) is 5.91 Å². The summed E-state index contributed by atoms with van der Waals surface area (Å²) in [5, 5.41) is 12.8. The molecule has 4 aliphatic rings. The molecule has 3 aromatic rings. The average Bonchev–Trinajstić information content (AvgIpc) is 3.24. The number of benzene rings is 2. The van der Waals surface area contributed by atoms with Gasteiger partial charge in [-0.05, 0) is 59.9 Å². The van der Waals surface area contributed by atoms with Gasteiger partial charge in [0.2, 0.25) is 0 Å². The number of rotatable bonds is 6. The first-order valence-corrected chi connectivity index (χ1v) is 16.1. The second kappa shape index (κ2) is 13.0. The van der Waals surface area contributed by atoms with Crippen LogP contribution >= 0.6 is 0 Å². The molecule has 1 amide bonds. The normalized spacial score (nSPS) is 17.9. The highest BCUT2D eigenvalue weighted by Gasteiger charge is 2.32. The minimum absolute atomic E-state index is 0.156. The van der Waals surface area contributed by atoms with E-state index in [1.165, 1.54) is 11.3 Å². The maximum atomic E-state index is 14.6. The standard InChI is InChI=1S/C39H37N5O2/c1-2-27-14-15-42-25-33(20-27)35-9-4-3-7-30(35)26-44-36-13-12-34(43-18-16-41-17-19-43)22-31(36)21-32-23-37(46-38(32)39(44)45)29-8-5-6-28(24-40)10-11-29/h3-4,6-13,15,20,22-23,25,41H,2,5,14,16-19,21,26H2,1H3. The lowest BCUT2D eigenvalue weighted by Gasteiger charge is -2.31. The molecule has 0 spiro atoms. The second-order valence-corrected chi connectivity index (χ2v) is 12.0. The van der Waals surface area contributed by atoms with Crippen molar-refractivity contribution in [3.8, 4) is 6.07 Å². The Balaban J connectivity index is 1.31. The lowest BCUT2D eigenvalue weighted by Crippen LogP contribution is -2.43. The number of amides is 1. The minimum atomic E-state index is -0.156. The topological polar surface area (TPSA) is 84.9 Å². The van der Waals surface area contributed by atoms with E-state index >= 15 is 0 Å². The van der Waals surface area contributed by atoms with Crippen LogP contribution in [0.2, 0.25) is 0 Å². The summed E-state index contributed by atoms with van der Waals surface area (Å²) in [5.74, 6) is 0.852. The van der Waals surface area contributed by atoms with Gasteiger partial charge in [0.1, 0.15) is 5.76 Å².